The van der Waals surface area contributed by atoms with Gasteiger partial charge in [0.05, 0.1) is 18.9 Å². The Hall–Kier alpha value is -2.93. The zero-order valence-corrected chi connectivity index (χ0v) is 17.3. The van der Waals surface area contributed by atoms with Crippen molar-refractivity contribution in [2.24, 2.45) is 11.8 Å². The number of amides is 1. The predicted molar refractivity (Wildman–Crippen MR) is 112 cm³/mol. The van der Waals surface area contributed by atoms with Gasteiger partial charge >= 0.3 is 11.9 Å². The van der Waals surface area contributed by atoms with E-state index in [9.17, 15) is 19.5 Å². The lowest BCUT2D eigenvalue weighted by atomic mass is 9.82. The average molecular weight is 413 g/mol. The fourth-order valence-electron chi connectivity index (χ4n) is 3.56. The standard InChI is InChI=1S/C22H23NO5S/c1-12-8-9-13(2)16(10-12)17-11-29-20(18(17)22(27)28-3)23-19(24)14-6-4-5-7-15(14)21(25)26/h4-5,8-11,14-15H,6-7H2,1-3H3,(H,23,24)(H,25,26)/t14-,15+/m1/s1. The first-order valence-electron chi connectivity index (χ1n) is 9.29. The van der Waals surface area contributed by atoms with Crippen LogP contribution in [0.5, 0.6) is 0 Å². The molecule has 152 valence electrons. The van der Waals surface area contributed by atoms with E-state index in [1.165, 1.54) is 18.4 Å². The minimum Gasteiger partial charge on any atom is -0.481 e. The van der Waals surface area contributed by atoms with E-state index in [2.05, 4.69) is 5.32 Å². The molecule has 1 aromatic heterocycles. The van der Waals surface area contributed by atoms with Gasteiger partial charge in [-0.25, -0.2) is 4.79 Å². The first-order valence-corrected chi connectivity index (χ1v) is 10.2. The summed E-state index contributed by atoms with van der Waals surface area (Å²) in [4.78, 5) is 36.9. The number of hydrogen-bond acceptors (Lipinski definition) is 5. The number of benzene rings is 1. The van der Waals surface area contributed by atoms with Crippen LogP contribution in [0.25, 0.3) is 11.1 Å². The molecule has 2 N–H and O–H groups in total. The molecule has 6 nitrogen and oxygen atoms in total. The number of anilines is 1. The second-order valence-electron chi connectivity index (χ2n) is 7.15. The molecule has 0 radical (unpaired) electrons. The Morgan fingerprint density at radius 1 is 1.10 bits per heavy atom. The van der Waals surface area contributed by atoms with E-state index in [1.807, 2.05) is 43.5 Å². The highest BCUT2D eigenvalue weighted by Gasteiger charge is 2.35. The molecule has 1 heterocycles. The van der Waals surface area contributed by atoms with Crippen molar-refractivity contribution >= 4 is 34.2 Å². The number of thiophene rings is 1. The number of hydrogen-bond donors (Lipinski definition) is 2. The number of aliphatic carboxylic acids is 1. The predicted octanol–water partition coefficient (Wildman–Crippen LogP) is 4.42. The minimum atomic E-state index is -0.995. The Morgan fingerprint density at radius 3 is 2.45 bits per heavy atom. The molecule has 0 fully saturated rings. The van der Waals surface area contributed by atoms with Gasteiger partial charge in [0, 0.05) is 10.9 Å². The number of ether oxygens (including phenoxy) is 1. The van der Waals surface area contributed by atoms with Crippen molar-refractivity contribution in [1.29, 1.82) is 0 Å². The number of methoxy groups -OCH3 is 1. The van der Waals surface area contributed by atoms with Crippen LogP contribution < -0.4 is 5.32 Å². The molecule has 2 aromatic rings. The Kier molecular flexibility index (Phi) is 6.17. The molecule has 0 aliphatic heterocycles. The summed E-state index contributed by atoms with van der Waals surface area (Å²) in [5.74, 6) is -3.41. The van der Waals surface area contributed by atoms with Crippen molar-refractivity contribution in [3.63, 3.8) is 0 Å². The highest BCUT2D eigenvalue weighted by Crippen LogP contribution is 2.38. The Bertz CT molecular complexity index is 991. The van der Waals surface area contributed by atoms with Crippen molar-refractivity contribution in [3.05, 3.63) is 52.4 Å². The zero-order valence-electron chi connectivity index (χ0n) is 16.5. The summed E-state index contributed by atoms with van der Waals surface area (Å²) in [6.45, 7) is 3.93. The summed E-state index contributed by atoms with van der Waals surface area (Å²) in [5.41, 5.74) is 3.93. The van der Waals surface area contributed by atoms with Crippen LogP contribution in [0.4, 0.5) is 5.00 Å². The second kappa shape index (κ2) is 8.61. The number of carboxylic acids is 1. The normalized spacial score (nSPS) is 18.3. The summed E-state index contributed by atoms with van der Waals surface area (Å²) < 4.78 is 4.97. The molecule has 1 aliphatic rings. The number of aryl methyl sites for hydroxylation is 2. The van der Waals surface area contributed by atoms with Crippen LogP contribution in [0.15, 0.2) is 35.7 Å². The zero-order chi connectivity index (χ0) is 21.1. The fraction of sp³-hybridized carbons (Fsp3) is 0.318. The van der Waals surface area contributed by atoms with Gasteiger partial charge in [0.2, 0.25) is 5.91 Å². The van der Waals surface area contributed by atoms with E-state index >= 15 is 0 Å². The van der Waals surface area contributed by atoms with Gasteiger partial charge in [-0.15, -0.1) is 11.3 Å². The van der Waals surface area contributed by atoms with E-state index in [0.29, 0.717) is 23.4 Å². The van der Waals surface area contributed by atoms with E-state index in [0.717, 1.165) is 16.7 Å². The van der Waals surface area contributed by atoms with Crippen LogP contribution in [0.1, 0.15) is 34.3 Å². The molecule has 0 unspecified atom stereocenters. The van der Waals surface area contributed by atoms with Gasteiger partial charge < -0.3 is 15.2 Å². The summed E-state index contributed by atoms with van der Waals surface area (Å²) in [5, 5.41) is 14.4. The molecule has 1 aromatic carbocycles. The van der Waals surface area contributed by atoms with E-state index in [4.69, 9.17) is 4.74 Å². The van der Waals surface area contributed by atoms with Crippen molar-refractivity contribution in [2.45, 2.75) is 26.7 Å². The SMILES string of the molecule is COC(=O)c1c(-c2cc(C)ccc2C)csc1NC(=O)[C@@H]1CC=CC[C@@H]1C(=O)O. The van der Waals surface area contributed by atoms with Gasteiger partial charge in [-0.3, -0.25) is 9.59 Å². The van der Waals surface area contributed by atoms with Crippen LogP contribution in [0, 0.1) is 25.7 Å². The number of esters is 1. The first kappa shape index (κ1) is 20.8. The van der Waals surface area contributed by atoms with Gasteiger partial charge in [-0.1, -0.05) is 35.9 Å². The van der Waals surface area contributed by atoms with Gasteiger partial charge in [0.15, 0.2) is 0 Å². The Morgan fingerprint density at radius 2 is 1.79 bits per heavy atom. The van der Waals surface area contributed by atoms with Crippen molar-refractivity contribution in [2.75, 3.05) is 12.4 Å². The maximum atomic E-state index is 12.9. The lowest BCUT2D eigenvalue weighted by molar-refractivity contribution is -0.146. The lowest BCUT2D eigenvalue weighted by Gasteiger charge is -2.24. The number of nitrogens with one attached hydrogen (secondary N) is 1. The van der Waals surface area contributed by atoms with E-state index in [-0.39, 0.29) is 5.56 Å². The largest absolute Gasteiger partial charge is 0.481 e. The molecule has 29 heavy (non-hydrogen) atoms. The smallest absolute Gasteiger partial charge is 0.341 e. The molecule has 0 saturated heterocycles. The third-order valence-corrected chi connectivity index (χ3v) is 6.08. The van der Waals surface area contributed by atoms with E-state index < -0.39 is 29.7 Å². The van der Waals surface area contributed by atoms with Crippen molar-refractivity contribution in [1.82, 2.24) is 0 Å². The maximum absolute atomic E-state index is 12.9. The molecule has 1 aliphatic carbocycles. The molecule has 7 heteroatoms. The number of rotatable bonds is 5. The summed E-state index contributed by atoms with van der Waals surface area (Å²) >= 11 is 1.23. The van der Waals surface area contributed by atoms with Gasteiger partial charge in [-0.2, -0.15) is 0 Å². The topological polar surface area (TPSA) is 92.7 Å². The fourth-order valence-corrected chi connectivity index (χ4v) is 4.51. The number of allylic oxidation sites excluding steroid dienone is 2. The first-order chi connectivity index (χ1) is 13.8. The van der Waals surface area contributed by atoms with Crippen molar-refractivity contribution in [3.8, 4) is 11.1 Å². The third-order valence-electron chi connectivity index (χ3n) is 5.19. The summed E-state index contributed by atoms with van der Waals surface area (Å²) in [6, 6.07) is 5.96. The molecule has 0 bridgehead atoms. The maximum Gasteiger partial charge on any atom is 0.341 e. The third kappa shape index (κ3) is 4.24. The summed E-state index contributed by atoms with van der Waals surface area (Å²) in [6.07, 6.45) is 4.27. The van der Waals surface area contributed by atoms with Gasteiger partial charge in [0.25, 0.3) is 0 Å². The lowest BCUT2D eigenvalue weighted by Crippen LogP contribution is -2.34. The molecule has 3 rings (SSSR count). The second-order valence-corrected chi connectivity index (χ2v) is 8.03. The minimum absolute atomic E-state index is 0.290. The molecule has 0 saturated carbocycles. The summed E-state index contributed by atoms with van der Waals surface area (Å²) in [7, 11) is 1.30. The van der Waals surface area contributed by atoms with Gasteiger partial charge in [-0.05, 0) is 37.8 Å². The number of carbonyl (C=O) groups excluding carboxylic acids is 2. The molecular weight excluding hydrogens is 390 g/mol. The molecule has 1 amide bonds. The van der Waals surface area contributed by atoms with Crippen LogP contribution in [0.3, 0.4) is 0 Å². The molecule has 0 spiro atoms. The van der Waals surface area contributed by atoms with E-state index in [1.54, 1.807) is 6.08 Å². The van der Waals surface area contributed by atoms with Crippen LogP contribution in [-0.4, -0.2) is 30.1 Å². The quantitative estimate of drug-likeness (QED) is 0.559. The Labute approximate surface area is 173 Å². The number of carboxylic acid groups (broad SMARTS) is 1. The van der Waals surface area contributed by atoms with Crippen LogP contribution >= 0.6 is 11.3 Å². The molecular formula is C22H23NO5S. The average Bonchev–Trinajstić information content (AvgIpc) is 3.12. The number of carbonyl (C=O) groups is 3. The van der Waals surface area contributed by atoms with Gasteiger partial charge in [0.1, 0.15) is 10.6 Å². The monoisotopic (exact) mass is 413 g/mol. The van der Waals surface area contributed by atoms with Crippen LogP contribution in [0.2, 0.25) is 0 Å². The molecule has 2 atom stereocenters. The highest BCUT2D eigenvalue weighted by molar-refractivity contribution is 7.15. The highest BCUT2D eigenvalue weighted by atomic mass is 32.1. The van der Waals surface area contributed by atoms with Crippen LogP contribution in [-0.2, 0) is 14.3 Å². The van der Waals surface area contributed by atoms with Crippen molar-refractivity contribution < 1.29 is 24.2 Å². The Balaban J connectivity index is 1.98.